The van der Waals surface area contributed by atoms with Crippen LogP contribution in [0.5, 0.6) is 0 Å². The van der Waals surface area contributed by atoms with Crippen molar-refractivity contribution in [3.8, 4) is 22.9 Å². The maximum atomic E-state index is 12.3. The van der Waals surface area contributed by atoms with Gasteiger partial charge in [-0.1, -0.05) is 54.1 Å². The number of anilines is 1. The second-order valence-electron chi connectivity index (χ2n) is 6.49. The van der Waals surface area contributed by atoms with Crippen molar-refractivity contribution in [2.24, 2.45) is 0 Å². The van der Waals surface area contributed by atoms with E-state index in [0.29, 0.717) is 34.0 Å². The van der Waals surface area contributed by atoms with Gasteiger partial charge in [0.25, 0.3) is 0 Å². The highest BCUT2D eigenvalue weighted by Gasteiger charge is 2.11. The number of aromatic nitrogens is 2. The zero-order valence-corrected chi connectivity index (χ0v) is 17.5. The smallest absolute Gasteiger partial charge is 0.248 e. The molecule has 0 saturated heterocycles. The SMILES string of the molecule is O=C(CSCc1ccccc1Cl)Nc1cccc(-c2nnc(-c3ccccc3)o2)c1. The maximum absolute atomic E-state index is 12.3. The standard InChI is InChI=1S/C23H18ClN3O2S/c24-20-12-5-4-9-18(20)14-30-15-21(28)25-19-11-6-10-17(13-19)23-27-26-22(29-23)16-7-2-1-3-8-16/h1-13H,14-15H2,(H,25,28). The van der Waals surface area contributed by atoms with E-state index in [1.165, 1.54) is 11.8 Å². The van der Waals surface area contributed by atoms with Crippen molar-refractivity contribution in [3.63, 3.8) is 0 Å². The van der Waals surface area contributed by atoms with E-state index in [2.05, 4.69) is 15.5 Å². The Labute approximate surface area is 183 Å². The highest BCUT2D eigenvalue weighted by molar-refractivity contribution is 7.99. The lowest BCUT2D eigenvalue weighted by Gasteiger charge is -2.07. The molecule has 0 aliphatic heterocycles. The molecule has 7 heteroatoms. The van der Waals surface area contributed by atoms with E-state index in [1.807, 2.05) is 78.9 Å². The van der Waals surface area contributed by atoms with E-state index in [-0.39, 0.29) is 5.91 Å². The maximum Gasteiger partial charge on any atom is 0.248 e. The molecule has 0 atom stereocenters. The van der Waals surface area contributed by atoms with Crippen LogP contribution in [0.3, 0.4) is 0 Å². The number of benzene rings is 3. The number of carbonyl (C=O) groups is 1. The van der Waals surface area contributed by atoms with Gasteiger partial charge in [0.05, 0.1) is 5.75 Å². The van der Waals surface area contributed by atoms with Crippen molar-refractivity contribution >= 4 is 35.0 Å². The average Bonchev–Trinajstić information content (AvgIpc) is 3.26. The van der Waals surface area contributed by atoms with Crippen LogP contribution in [-0.4, -0.2) is 21.9 Å². The molecule has 1 heterocycles. The number of nitrogens with zero attached hydrogens (tertiary/aromatic N) is 2. The van der Waals surface area contributed by atoms with E-state index in [9.17, 15) is 4.79 Å². The van der Waals surface area contributed by atoms with E-state index in [1.54, 1.807) is 0 Å². The third-order valence-corrected chi connectivity index (χ3v) is 5.64. The van der Waals surface area contributed by atoms with Crippen molar-refractivity contribution in [3.05, 3.63) is 89.4 Å². The second-order valence-corrected chi connectivity index (χ2v) is 7.88. The summed E-state index contributed by atoms with van der Waals surface area (Å²) in [5.74, 6) is 1.78. The largest absolute Gasteiger partial charge is 0.416 e. The van der Waals surface area contributed by atoms with E-state index >= 15 is 0 Å². The minimum absolute atomic E-state index is 0.0836. The van der Waals surface area contributed by atoms with Gasteiger partial charge >= 0.3 is 0 Å². The monoisotopic (exact) mass is 435 g/mol. The summed E-state index contributed by atoms with van der Waals surface area (Å²) >= 11 is 7.66. The quantitative estimate of drug-likeness (QED) is 0.389. The Morgan fingerprint density at radius 3 is 2.40 bits per heavy atom. The molecule has 3 aromatic carbocycles. The average molecular weight is 436 g/mol. The fraction of sp³-hybridized carbons (Fsp3) is 0.0870. The Balaban J connectivity index is 1.37. The summed E-state index contributed by atoms with van der Waals surface area (Å²) in [5, 5.41) is 11.9. The number of halogens is 1. The van der Waals surface area contributed by atoms with Crippen molar-refractivity contribution in [2.75, 3.05) is 11.1 Å². The summed E-state index contributed by atoms with van der Waals surface area (Å²) in [4.78, 5) is 12.3. The summed E-state index contributed by atoms with van der Waals surface area (Å²) in [5.41, 5.74) is 3.29. The number of thioether (sulfide) groups is 1. The lowest BCUT2D eigenvalue weighted by molar-refractivity contribution is -0.113. The van der Waals surface area contributed by atoms with Crippen molar-refractivity contribution in [1.29, 1.82) is 0 Å². The first-order valence-electron chi connectivity index (χ1n) is 9.29. The Hall–Kier alpha value is -3.09. The molecule has 0 fully saturated rings. The molecule has 0 spiro atoms. The van der Waals surface area contributed by atoms with Crippen LogP contribution in [0.15, 0.2) is 83.3 Å². The van der Waals surface area contributed by atoms with Gasteiger partial charge in [-0.3, -0.25) is 4.79 Å². The number of carbonyl (C=O) groups excluding carboxylic acids is 1. The van der Waals surface area contributed by atoms with Crippen LogP contribution in [0.25, 0.3) is 22.9 Å². The summed E-state index contributed by atoms with van der Waals surface area (Å²) < 4.78 is 5.79. The normalized spacial score (nSPS) is 10.7. The Bertz CT molecular complexity index is 1150. The number of hydrogen-bond donors (Lipinski definition) is 1. The number of hydrogen-bond acceptors (Lipinski definition) is 5. The molecule has 0 bridgehead atoms. The first kappa shape index (κ1) is 20.2. The van der Waals surface area contributed by atoms with Crippen LogP contribution in [-0.2, 0) is 10.5 Å². The van der Waals surface area contributed by atoms with Gasteiger partial charge in [-0.05, 0) is 42.0 Å². The lowest BCUT2D eigenvalue weighted by atomic mass is 10.2. The summed E-state index contributed by atoms with van der Waals surface area (Å²) in [6, 6.07) is 24.6. The number of amides is 1. The predicted octanol–water partition coefficient (Wildman–Crippen LogP) is 5.93. The first-order chi connectivity index (χ1) is 14.7. The third kappa shape index (κ3) is 5.09. The fourth-order valence-corrected chi connectivity index (χ4v) is 3.95. The molecule has 150 valence electrons. The molecule has 0 saturated carbocycles. The Morgan fingerprint density at radius 1 is 0.900 bits per heavy atom. The van der Waals surface area contributed by atoms with Gasteiger partial charge < -0.3 is 9.73 Å². The van der Waals surface area contributed by atoms with E-state index in [0.717, 1.165) is 16.7 Å². The molecule has 0 radical (unpaired) electrons. The van der Waals surface area contributed by atoms with Crippen molar-refractivity contribution < 1.29 is 9.21 Å². The minimum Gasteiger partial charge on any atom is -0.416 e. The predicted molar refractivity (Wildman–Crippen MR) is 121 cm³/mol. The van der Waals surface area contributed by atoms with Gasteiger partial charge in [-0.2, -0.15) is 0 Å². The van der Waals surface area contributed by atoms with Gasteiger partial charge in [-0.25, -0.2) is 0 Å². The zero-order chi connectivity index (χ0) is 20.8. The van der Waals surface area contributed by atoms with E-state index in [4.69, 9.17) is 16.0 Å². The second kappa shape index (κ2) is 9.61. The van der Waals surface area contributed by atoms with Gasteiger partial charge in [0.2, 0.25) is 17.7 Å². The first-order valence-corrected chi connectivity index (χ1v) is 10.8. The summed E-state index contributed by atoms with van der Waals surface area (Å²) in [6.07, 6.45) is 0. The number of nitrogens with one attached hydrogen (secondary N) is 1. The van der Waals surface area contributed by atoms with Crippen LogP contribution < -0.4 is 5.32 Å². The van der Waals surface area contributed by atoms with Gasteiger partial charge in [0, 0.05) is 27.6 Å². The molecular formula is C23H18ClN3O2S. The van der Waals surface area contributed by atoms with Crippen LogP contribution in [0.4, 0.5) is 5.69 Å². The van der Waals surface area contributed by atoms with Crippen LogP contribution in [0.1, 0.15) is 5.56 Å². The minimum atomic E-state index is -0.0836. The molecule has 0 unspecified atom stereocenters. The molecular weight excluding hydrogens is 418 g/mol. The molecule has 1 aromatic heterocycles. The van der Waals surface area contributed by atoms with Crippen LogP contribution in [0, 0.1) is 0 Å². The topological polar surface area (TPSA) is 68.0 Å². The van der Waals surface area contributed by atoms with E-state index < -0.39 is 0 Å². The summed E-state index contributed by atoms with van der Waals surface area (Å²) in [7, 11) is 0. The summed E-state index contributed by atoms with van der Waals surface area (Å²) in [6.45, 7) is 0. The fourth-order valence-electron chi connectivity index (χ4n) is 2.83. The van der Waals surface area contributed by atoms with Crippen LogP contribution >= 0.6 is 23.4 Å². The molecule has 1 N–H and O–H groups in total. The van der Waals surface area contributed by atoms with Gasteiger partial charge in [0.15, 0.2) is 0 Å². The van der Waals surface area contributed by atoms with Crippen LogP contribution in [0.2, 0.25) is 5.02 Å². The molecule has 30 heavy (non-hydrogen) atoms. The molecule has 4 rings (SSSR count). The third-order valence-electron chi connectivity index (χ3n) is 4.29. The lowest BCUT2D eigenvalue weighted by Crippen LogP contribution is -2.14. The molecule has 5 nitrogen and oxygen atoms in total. The molecule has 4 aromatic rings. The van der Waals surface area contributed by atoms with Gasteiger partial charge in [0.1, 0.15) is 0 Å². The van der Waals surface area contributed by atoms with Gasteiger partial charge in [-0.15, -0.1) is 22.0 Å². The number of rotatable bonds is 7. The molecule has 1 amide bonds. The van der Waals surface area contributed by atoms with Crippen molar-refractivity contribution in [1.82, 2.24) is 10.2 Å². The van der Waals surface area contributed by atoms with Crippen molar-refractivity contribution in [2.45, 2.75) is 5.75 Å². The highest BCUT2D eigenvalue weighted by atomic mass is 35.5. The Morgan fingerprint density at radius 2 is 1.60 bits per heavy atom. The zero-order valence-electron chi connectivity index (χ0n) is 15.9. The highest BCUT2D eigenvalue weighted by Crippen LogP contribution is 2.26. The molecule has 0 aliphatic carbocycles. The Kier molecular flexibility index (Phi) is 6.47. The molecule has 0 aliphatic rings.